The van der Waals surface area contributed by atoms with Crippen LogP contribution in [0.3, 0.4) is 0 Å². The highest BCUT2D eigenvalue weighted by Gasteiger charge is 2.41. The van der Waals surface area contributed by atoms with E-state index in [2.05, 4.69) is 24.8 Å². The summed E-state index contributed by atoms with van der Waals surface area (Å²) in [5.74, 6) is 0.00727. The van der Waals surface area contributed by atoms with Gasteiger partial charge in [-0.15, -0.1) is 0 Å². The molecule has 0 unspecified atom stereocenters. The van der Waals surface area contributed by atoms with Gasteiger partial charge in [0.2, 0.25) is 15.9 Å². The van der Waals surface area contributed by atoms with E-state index in [-0.39, 0.29) is 25.5 Å². The maximum atomic E-state index is 13.1. The highest BCUT2D eigenvalue weighted by molar-refractivity contribution is 7.88. The molecule has 0 radical (unpaired) electrons. The van der Waals surface area contributed by atoms with E-state index in [1.54, 1.807) is 11.0 Å². The van der Waals surface area contributed by atoms with Crippen LogP contribution in [0.25, 0.3) is 17.0 Å². The fourth-order valence-electron chi connectivity index (χ4n) is 3.44. The quantitative estimate of drug-likeness (QED) is 0.479. The fraction of sp³-hybridized carbons (Fsp3) is 0.389. The van der Waals surface area contributed by atoms with Crippen molar-refractivity contribution in [1.29, 1.82) is 0 Å². The summed E-state index contributed by atoms with van der Waals surface area (Å²) < 4.78 is 52.9. The lowest BCUT2D eigenvalue weighted by Crippen LogP contribution is -2.72. The van der Waals surface area contributed by atoms with Crippen molar-refractivity contribution in [2.75, 3.05) is 37.8 Å². The number of anilines is 1. The van der Waals surface area contributed by atoms with Crippen LogP contribution in [-0.2, 0) is 14.8 Å². The normalized spacial score (nSPS) is 19.6. The van der Waals surface area contributed by atoms with E-state index in [0.29, 0.717) is 22.9 Å². The number of nitrogens with one attached hydrogen (secondary N) is 1. The zero-order valence-electron chi connectivity index (χ0n) is 17.7. The van der Waals surface area contributed by atoms with Crippen LogP contribution in [0.5, 0.6) is 0 Å². The second-order valence-electron chi connectivity index (χ2n) is 7.74. The predicted octanol–water partition coefficient (Wildman–Crippen LogP) is -0.393. The molecule has 33 heavy (non-hydrogen) atoms. The van der Waals surface area contributed by atoms with Gasteiger partial charge in [0.05, 0.1) is 31.2 Å². The SMILES string of the molecule is CN1C(=O)CN(c2cc(-c3cnc4ccc(C(F)F)nn34)ncn2)C[C@@]1(N)CNS(C)(=O)=O. The molecule has 1 aliphatic rings. The molecule has 3 aromatic rings. The number of halogens is 2. The number of hydrogen-bond acceptors (Lipinski definition) is 9. The Morgan fingerprint density at radius 1 is 1.27 bits per heavy atom. The Balaban J connectivity index is 1.67. The van der Waals surface area contributed by atoms with E-state index < -0.39 is 27.8 Å². The first kappa shape index (κ1) is 22.9. The molecule has 0 aromatic carbocycles. The number of imidazole rings is 1. The van der Waals surface area contributed by atoms with Gasteiger partial charge >= 0.3 is 0 Å². The summed E-state index contributed by atoms with van der Waals surface area (Å²) in [6.07, 6.45) is 0.956. The van der Waals surface area contributed by atoms with E-state index in [0.717, 1.165) is 6.26 Å². The largest absolute Gasteiger partial charge is 0.343 e. The average Bonchev–Trinajstić information content (AvgIpc) is 3.19. The maximum absolute atomic E-state index is 13.1. The molecule has 0 spiro atoms. The van der Waals surface area contributed by atoms with Gasteiger partial charge in [-0.25, -0.2) is 41.4 Å². The zero-order valence-corrected chi connectivity index (χ0v) is 18.5. The highest BCUT2D eigenvalue weighted by Crippen LogP contribution is 2.26. The van der Waals surface area contributed by atoms with Crippen molar-refractivity contribution < 1.29 is 22.0 Å². The van der Waals surface area contributed by atoms with Crippen molar-refractivity contribution >= 4 is 27.4 Å². The van der Waals surface area contributed by atoms with Crippen LogP contribution in [0.15, 0.2) is 30.7 Å². The van der Waals surface area contributed by atoms with Gasteiger partial charge in [-0.1, -0.05) is 0 Å². The molecule has 1 fully saturated rings. The summed E-state index contributed by atoms with van der Waals surface area (Å²) in [6, 6.07) is 4.18. The van der Waals surface area contributed by atoms with Crippen LogP contribution >= 0.6 is 0 Å². The Hall–Kier alpha value is -3.30. The predicted molar refractivity (Wildman–Crippen MR) is 114 cm³/mol. The Labute approximate surface area is 187 Å². The molecule has 3 aromatic heterocycles. The maximum Gasteiger partial charge on any atom is 0.282 e. The van der Waals surface area contributed by atoms with Crippen molar-refractivity contribution in [3.63, 3.8) is 0 Å². The first-order valence-corrected chi connectivity index (χ1v) is 11.6. The number of aromatic nitrogens is 5. The van der Waals surface area contributed by atoms with Crippen molar-refractivity contribution in [3.8, 4) is 11.4 Å². The monoisotopic (exact) mass is 481 g/mol. The van der Waals surface area contributed by atoms with Gasteiger partial charge in [0.1, 0.15) is 29.2 Å². The molecule has 15 heteroatoms. The number of piperazine rings is 1. The number of alkyl halides is 2. The smallest absolute Gasteiger partial charge is 0.282 e. The van der Waals surface area contributed by atoms with E-state index >= 15 is 0 Å². The molecule has 3 N–H and O–H groups in total. The van der Waals surface area contributed by atoms with Gasteiger partial charge in [0, 0.05) is 19.7 Å². The third kappa shape index (κ3) is 4.60. The van der Waals surface area contributed by atoms with Crippen molar-refractivity contribution in [2.24, 2.45) is 5.73 Å². The van der Waals surface area contributed by atoms with Gasteiger partial charge in [-0.2, -0.15) is 5.10 Å². The number of nitrogens with zero attached hydrogens (tertiary/aromatic N) is 7. The molecule has 4 rings (SSSR count). The highest BCUT2D eigenvalue weighted by atomic mass is 32.2. The zero-order chi connectivity index (χ0) is 24.0. The molecule has 1 saturated heterocycles. The molecular formula is C18H21F2N9O3S. The number of hydrogen-bond donors (Lipinski definition) is 2. The lowest BCUT2D eigenvalue weighted by Gasteiger charge is -2.46. The molecule has 1 atom stereocenters. The van der Waals surface area contributed by atoms with Crippen LogP contribution in [0.4, 0.5) is 14.6 Å². The molecule has 1 aliphatic heterocycles. The second kappa shape index (κ2) is 8.24. The topological polar surface area (TPSA) is 152 Å². The second-order valence-corrected chi connectivity index (χ2v) is 9.57. The molecular weight excluding hydrogens is 460 g/mol. The van der Waals surface area contributed by atoms with Gasteiger partial charge < -0.3 is 15.5 Å². The molecule has 1 amide bonds. The van der Waals surface area contributed by atoms with Crippen molar-refractivity contribution in [3.05, 3.63) is 36.4 Å². The van der Waals surface area contributed by atoms with Crippen LogP contribution in [-0.4, -0.2) is 82.4 Å². The van der Waals surface area contributed by atoms with Crippen LogP contribution in [0, 0.1) is 0 Å². The minimum Gasteiger partial charge on any atom is -0.343 e. The third-order valence-electron chi connectivity index (χ3n) is 5.32. The van der Waals surface area contributed by atoms with E-state index in [1.807, 2.05) is 0 Å². The van der Waals surface area contributed by atoms with E-state index in [4.69, 9.17) is 5.73 Å². The molecule has 12 nitrogen and oxygen atoms in total. The first-order valence-electron chi connectivity index (χ1n) is 9.67. The lowest BCUT2D eigenvalue weighted by molar-refractivity contribution is -0.136. The summed E-state index contributed by atoms with van der Waals surface area (Å²) in [7, 11) is -2.03. The van der Waals surface area contributed by atoms with E-state index in [9.17, 15) is 22.0 Å². The summed E-state index contributed by atoms with van der Waals surface area (Å²) in [5, 5.41) is 3.93. The van der Waals surface area contributed by atoms with Gasteiger partial charge in [-0.3, -0.25) is 4.79 Å². The number of likely N-dealkylation sites (N-methyl/N-ethyl adjacent to an activating group) is 1. The van der Waals surface area contributed by atoms with Gasteiger partial charge in [0.15, 0.2) is 5.65 Å². The summed E-state index contributed by atoms with van der Waals surface area (Å²) >= 11 is 0. The van der Waals surface area contributed by atoms with Crippen molar-refractivity contribution in [2.45, 2.75) is 12.1 Å². The first-order chi connectivity index (χ1) is 15.5. The number of fused-ring (bicyclic) bond motifs is 1. The number of sulfonamides is 1. The minimum atomic E-state index is -3.53. The van der Waals surface area contributed by atoms with Gasteiger partial charge in [0.25, 0.3) is 6.43 Å². The molecule has 0 bridgehead atoms. The summed E-state index contributed by atoms with van der Waals surface area (Å²) in [5.41, 5.74) is 5.69. The summed E-state index contributed by atoms with van der Waals surface area (Å²) in [6.45, 7) is -0.170. The van der Waals surface area contributed by atoms with Crippen LogP contribution < -0.4 is 15.4 Å². The average molecular weight is 481 g/mol. The molecule has 0 saturated carbocycles. The van der Waals surface area contributed by atoms with Crippen LogP contribution in [0.1, 0.15) is 12.1 Å². The van der Waals surface area contributed by atoms with Gasteiger partial charge in [-0.05, 0) is 12.1 Å². The standard InChI is InChI=1S/C18H21F2N9O3S/c1-27-16(30)7-28(9-18(27,21)8-25-33(2,31)32)15-5-12(23-10-24-15)13-6-22-14-4-3-11(17(19)20)26-29(13)14/h3-6,10,17,25H,7-9,21H2,1-2H3/t18-/m1/s1. The molecule has 176 valence electrons. The summed E-state index contributed by atoms with van der Waals surface area (Å²) in [4.78, 5) is 28.1. The number of amides is 1. The number of carbonyl (C=O) groups excluding carboxylic acids is 1. The Kier molecular flexibility index (Phi) is 5.71. The number of carbonyl (C=O) groups is 1. The minimum absolute atomic E-state index is 0.0499. The molecule has 4 heterocycles. The fourth-order valence-corrected chi connectivity index (χ4v) is 3.95. The number of nitrogens with two attached hydrogens (primary N) is 1. The number of rotatable bonds is 6. The Morgan fingerprint density at radius 3 is 2.73 bits per heavy atom. The third-order valence-corrected chi connectivity index (χ3v) is 5.99. The van der Waals surface area contributed by atoms with Crippen molar-refractivity contribution in [1.82, 2.24) is 34.2 Å². The van der Waals surface area contributed by atoms with Crippen LogP contribution in [0.2, 0.25) is 0 Å². The Bertz CT molecular complexity index is 1320. The Morgan fingerprint density at radius 2 is 2.03 bits per heavy atom. The lowest BCUT2D eigenvalue weighted by atomic mass is 10.1. The van der Waals surface area contributed by atoms with E-state index in [1.165, 1.54) is 41.1 Å². The molecule has 0 aliphatic carbocycles.